The third-order valence-electron chi connectivity index (χ3n) is 2.49. The van der Waals surface area contributed by atoms with Crippen LogP contribution in [-0.4, -0.2) is 49.1 Å². The monoisotopic (exact) mass is 204 g/mol. The Morgan fingerprint density at radius 1 is 1.54 bits per heavy atom. The molecular weight excluding hydrogens is 196 g/mol. The third-order valence-corrected chi connectivity index (χ3v) is 3.40. The first-order valence-corrected chi connectivity index (χ1v) is 4.81. The molecule has 0 bridgehead atoms. The van der Waals surface area contributed by atoms with E-state index in [-0.39, 0.29) is 4.99 Å². The van der Waals surface area contributed by atoms with Crippen molar-refractivity contribution in [3.63, 3.8) is 0 Å². The molecule has 6 nitrogen and oxygen atoms in total. The summed E-state index contributed by atoms with van der Waals surface area (Å²) in [5.41, 5.74) is -0.426. The van der Waals surface area contributed by atoms with E-state index in [9.17, 15) is 13.2 Å². The summed E-state index contributed by atoms with van der Waals surface area (Å²) in [4.78, 5) is 11.9. The van der Waals surface area contributed by atoms with Crippen LogP contribution in [0, 0.1) is 5.41 Å². The van der Waals surface area contributed by atoms with Gasteiger partial charge in [-0.1, -0.05) is 0 Å². The Morgan fingerprint density at radius 3 is 2.46 bits per heavy atom. The lowest BCUT2D eigenvalue weighted by molar-refractivity contribution is 0.0403. The molecule has 0 unspecified atom stereocenters. The van der Waals surface area contributed by atoms with Crippen molar-refractivity contribution in [2.75, 3.05) is 19.6 Å². The SMILES string of the molecule is O=C(O)N1CC2(CNC2=S(=O)=O)C1. The van der Waals surface area contributed by atoms with Gasteiger partial charge in [-0.15, -0.1) is 0 Å². The zero-order valence-corrected chi connectivity index (χ0v) is 7.47. The van der Waals surface area contributed by atoms with Crippen LogP contribution in [0.5, 0.6) is 0 Å². The molecule has 7 heteroatoms. The lowest BCUT2D eigenvalue weighted by Gasteiger charge is -2.54. The molecule has 2 heterocycles. The second kappa shape index (κ2) is 2.46. The molecule has 0 radical (unpaired) electrons. The highest BCUT2D eigenvalue weighted by Gasteiger charge is 2.55. The van der Waals surface area contributed by atoms with Crippen molar-refractivity contribution < 1.29 is 18.3 Å². The lowest BCUT2D eigenvalue weighted by Crippen LogP contribution is -2.75. The van der Waals surface area contributed by atoms with Crippen molar-refractivity contribution in [1.29, 1.82) is 0 Å². The first-order valence-electron chi connectivity index (χ1n) is 3.74. The van der Waals surface area contributed by atoms with Crippen LogP contribution in [0.2, 0.25) is 0 Å². The summed E-state index contributed by atoms with van der Waals surface area (Å²) in [5.74, 6) is 0. The van der Waals surface area contributed by atoms with Crippen LogP contribution in [0.15, 0.2) is 0 Å². The van der Waals surface area contributed by atoms with Crippen LogP contribution in [0.25, 0.3) is 0 Å². The molecule has 72 valence electrons. The Hall–Kier alpha value is -1.08. The van der Waals surface area contributed by atoms with Crippen molar-refractivity contribution in [2.24, 2.45) is 5.41 Å². The summed E-state index contributed by atoms with van der Waals surface area (Å²) >= 11 is 0. The predicted molar refractivity (Wildman–Crippen MR) is 44.0 cm³/mol. The molecule has 2 aliphatic rings. The number of hydrogen-bond acceptors (Lipinski definition) is 3. The zero-order chi connectivity index (χ0) is 9.64. The standard InChI is InChI=1S/C6H8N2O4S/c9-5(10)8-2-6(3-8)1-7-4(6)13(11)12/h7H,1-3H2,(H,9,10). The van der Waals surface area contributed by atoms with Crippen LogP contribution in [0.1, 0.15) is 0 Å². The summed E-state index contributed by atoms with van der Waals surface area (Å²) < 4.78 is 21.2. The first kappa shape index (κ1) is 8.52. The van der Waals surface area contributed by atoms with Gasteiger partial charge in [-0.25, -0.2) is 4.79 Å². The van der Waals surface area contributed by atoms with E-state index >= 15 is 0 Å². The number of nitrogens with one attached hydrogen (secondary N) is 1. The van der Waals surface area contributed by atoms with Gasteiger partial charge >= 0.3 is 6.09 Å². The molecule has 13 heavy (non-hydrogen) atoms. The molecule has 1 amide bonds. The Labute approximate surface area is 75.7 Å². The average molecular weight is 204 g/mol. The van der Waals surface area contributed by atoms with E-state index in [1.165, 1.54) is 4.90 Å². The van der Waals surface area contributed by atoms with E-state index in [2.05, 4.69) is 5.32 Å². The topological polar surface area (TPSA) is 86.7 Å². The fraction of sp³-hybridized carbons (Fsp3) is 0.667. The number of rotatable bonds is 0. The van der Waals surface area contributed by atoms with Crippen LogP contribution >= 0.6 is 0 Å². The largest absolute Gasteiger partial charge is 0.465 e. The van der Waals surface area contributed by atoms with Crippen molar-refractivity contribution in [3.05, 3.63) is 0 Å². The number of carbonyl (C=O) groups is 1. The number of nitrogens with zero attached hydrogens (tertiary/aromatic N) is 1. The highest BCUT2D eigenvalue weighted by molar-refractivity contribution is 7.73. The maximum atomic E-state index is 10.6. The highest BCUT2D eigenvalue weighted by Crippen LogP contribution is 2.35. The lowest BCUT2D eigenvalue weighted by atomic mass is 9.74. The predicted octanol–water partition coefficient (Wildman–Crippen LogP) is -1.42. The second-order valence-corrected chi connectivity index (χ2v) is 4.21. The maximum Gasteiger partial charge on any atom is 0.407 e. The van der Waals surface area contributed by atoms with E-state index in [4.69, 9.17) is 5.11 Å². The molecule has 2 N–H and O–H groups in total. The minimum Gasteiger partial charge on any atom is -0.465 e. The third kappa shape index (κ3) is 1.04. The van der Waals surface area contributed by atoms with Crippen LogP contribution in [0.3, 0.4) is 0 Å². The molecule has 0 aliphatic carbocycles. The van der Waals surface area contributed by atoms with E-state index in [0.29, 0.717) is 19.6 Å². The first-order chi connectivity index (χ1) is 6.05. The minimum absolute atomic E-state index is 0.255. The molecular formula is C6H8N2O4S. The van der Waals surface area contributed by atoms with E-state index in [1.807, 2.05) is 0 Å². The second-order valence-electron chi connectivity index (χ2n) is 3.34. The van der Waals surface area contributed by atoms with Crippen molar-refractivity contribution >= 4 is 21.4 Å². The molecule has 2 aliphatic heterocycles. The van der Waals surface area contributed by atoms with Crippen molar-refractivity contribution in [1.82, 2.24) is 10.2 Å². The van der Waals surface area contributed by atoms with Gasteiger partial charge in [-0.2, -0.15) is 8.42 Å². The van der Waals surface area contributed by atoms with Crippen LogP contribution in [0.4, 0.5) is 4.79 Å². The van der Waals surface area contributed by atoms with E-state index < -0.39 is 21.8 Å². The highest BCUT2D eigenvalue weighted by atomic mass is 32.2. The van der Waals surface area contributed by atoms with Gasteiger partial charge in [0.25, 0.3) is 0 Å². The fourth-order valence-electron chi connectivity index (χ4n) is 1.72. The quantitative estimate of drug-likeness (QED) is 0.473. The van der Waals surface area contributed by atoms with Gasteiger partial charge < -0.3 is 10.0 Å². The average Bonchev–Trinajstić information content (AvgIpc) is 1.78. The number of carboxylic acid groups (broad SMARTS) is 1. The zero-order valence-electron chi connectivity index (χ0n) is 6.65. The Kier molecular flexibility index (Phi) is 1.61. The molecule has 0 aromatic carbocycles. The normalized spacial score (nSPS) is 23.7. The summed E-state index contributed by atoms with van der Waals surface area (Å²) in [6, 6.07) is 0. The number of likely N-dealkylation sites (tertiary alicyclic amines) is 1. The van der Waals surface area contributed by atoms with Gasteiger partial charge in [0.1, 0.15) is 4.99 Å². The fourth-order valence-corrected chi connectivity index (χ4v) is 2.47. The number of amides is 1. The maximum absolute atomic E-state index is 10.6. The molecule has 0 aromatic heterocycles. The number of hydrogen-bond donors (Lipinski definition) is 2. The summed E-state index contributed by atoms with van der Waals surface area (Å²) in [5, 5.41) is 11.2. The van der Waals surface area contributed by atoms with E-state index in [0.717, 1.165) is 0 Å². The van der Waals surface area contributed by atoms with Gasteiger partial charge in [-0.3, -0.25) is 5.32 Å². The van der Waals surface area contributed by atoms with Gasteiger partial charge in [0.05, 0.1) is 5.41 Å². The molecule has 2 rings (SSSR count). The van der Waals surface area contributed by atoms with Gasteiger partial charge in [-0.05, 0) is 0 Å². The van der Waals surface area contributed by atoms with Gasteiger partial charge in [0.15, 0.2) is 0 Å². The summed E-state index contributed by atoms with van der Waals surface area (Å²) in [6.07, 6.45) is -0.992. The molecule has 0 atom stereocenters. The van der Waals surface area contributed by atoms with Gasteiger partial charge in [0.2, 0.25) is 10.3 Å². The summed E-state index contributed by atoms with van der Waals surface area (Å²) in [7, 11) is -2.23. The molecule has 0 aromatic rings. The Morgan fingerprint density at radius 2 is 2.15 bits per heavy atom. The van der Waals surface area contributed by atoms with E-state index in [1.54, 1.807) is 0 Å². The molecule has 2 saturated heterocycles. The Balaban J connectivity index is 2.14. The van der Waals surface area contributed by atoms with Crippen molar-refractivity contribution in [2.45, 2.75) is 0 Å². The van der Waals surface area contributed by atoms with Crippen LogP contribution < -0.4 is 5.32 Å². The minimum atomic E-state index is -2.23. The smallest absolute Gasteiger partial charge is 0.407 e. The van der Waals surface area contributed by atoms with Crippen LogP contribution in [-0.2, 0) is 10.3 Å². The molecule has 1 spiro atoms. The molecule has 0 saturated carbocycles. The van der Waals surface area contributed by atoms with Crippen molar-refractivity contribution in [3.8, 4) is 0 Å². The summed E-state index contributed by atoms with van der Waals surface area (Å²) in [6.45, 7) is 1.14. The Bertz CT molecular complexity index is 385. The molecule has 2 fully saturated rings. The van der Waals surface area contributed by atoms with Gasteiger partial charge in [0, 0.05) is 19.6 Å².